The number of halogens is 2. The van der Waals surface area contributed by atoms with Gasteiger partial charge < -0.3 is 19.5 Å². The minimum Gasteiger partial charge on any atom is -0.506 e. The molecule has 0 saturated carbocycles. The van der Waals surface area contributed by atoms with E-state index in [0.717, 1.165) is 10.6 Å². The van der Waals surface area contributed by atoms with Gasteiger partial charge in [-0.25, -0.2) is 9.59 Å². The van der Waals surface area contributed by atoms with Crippen LogP contribution >= 0.6 is 43.6 Å². The fourth-order valence-electron chi connectivity index (χ4n) is 3.60. The summed E-state index contributed by atoms with van der Waals surface area (Å²) in [4.78, 5) is 42.6. The zero-order chi connectivity index (χ0) is 24.6. The highest BCUT2D eigenvalue weighted by Crippen LogP contribution is 2.48. The Morgan fingerprint density at radius 1 is 1.12 bits per heavy atom. The molecule has 10 heteroatoms. The third-order valence-electron chi connectivity index (χ3n) is 5.37. The first-order chi connectivity index (χ1) is 15.5. The number of phenols is 1. The number of hydrogen-bond donors (Lipinski definition) is 1. The summed E-state index contributed by atoms with van der Waals surface area (Å²) in [5.74, 6) is -2.32. The average Bonchev–Trinajstić information content (AvgIpc) is 3.06. The summed E-state index contributed by atoms with van der Waals surface area (Å²) >= 11 is 8.10. The van der Waals surface area contributed by atoms with Crippen molar-refractivity contribution in [3.05, 3.63) is 59.0 Å². The van der Waals surface area contributed by atoms with Crippen LogP contribution in [0.3, 0.4) is 0 Å². The van der Waals surface area contributed by atoms with E-state index in [4.69, 9.17) is 9.47 Å². The van der Waals surface area contributed by atoms with Crippen LogP contribution in [0.15, 0.2) is 47.9 Å². The summed E-state index contributed by atoms with van der Waals surface area (Å²) in [7, 11) is 0. The van der Waals surface area contributed by atoms with Gasteiger partial charge in [0.15, 0.2) is 11.8 Å². The minimum atomic E-state index is -1.19. The van der Waals surface area contributed by atoms with Crippen LogP contribution in [-0.2, 0) is 19.1 Å². The first-order valence-electron chi connectivity index (χ1n) is 10.2. The average molecular weight is 601 g/mol. The molecule has 7 nitrogen and oxygen atoms in total. The van der Waals surface area contributed by atoms with Crippen molar-refractivity contribution in [3.63, 3.8) is 0 Å². The fraction of sp³-hybridized carbons (Fsp3) is 0.348. The molecule has 33 heavy (non-hydrogen) atoms. The number of allylic oxidation sites excluding steroid dienone is 4. The van der Waals surface area contributed by atoms with E-state index in [9.17, 15) is 19.5 Å². The molecule has 0 aromatic heterocycles. The van der Waals surface area contributed by atoms with E-state index in [1.807, 2.05) is 13.8 Å². The van der Waals surface area contributed by atoms with Crippen molar-refractivity contribution in [2.75, 3.05) is 13.2 Å². The Morgan fingerprint density at radius 3 is 2.36 bits per heavy atom. The monoisotopic (exact) mass is 599 g/mol. The van der Waals surface area contributed by atoms with Crippen molar-refractivity contribution in [1.29, 1.82) is 0 Å². The third-order valence-corrected chi connectivity index (χ3v) is 8.29. The molecule has 0 spiro atoms. The molecule has 3 rings (SSSR count). The number of nitrogens with zero attached hydrogens (tertiary/aromatic N) is 1. The van der Waals surface area contributed by atoms with E-state index in [-0.39, 0.29) is 35.7 Å². The minimum absolute atomic E-state index is 0.0199. The molecule has 0 saturated heterocycles. The van der Waals surface area contributed by atoms with Gasteiger partial charge in [-0.3, -0.25) is 4.79 Å². The van der Waals surface area contributed by atoms with Crippen LogP contribution in [0, 0.1) is 6.92 Å². The molecule has 2 aliphatic rings. The van der Waals surface area contributed by atoms with Gasteiger partial charge in [-0.2, -0.15) is 0 Å². The summed E-state index contributed by atoms with van der Waals surface area (Å²) in [5.41, 5.74) is 1.33. The molecule has 0 aliphatic carbocycles. The van der Waals surface area contributed by atoms with Crippen LogP contribution in [0.1, 0.15) is 43.6 Å². The molecular formula is C23H23Br2NO6S. The Labute approximate surface area is 213 Å². The van der Waals surface area contributed by atoms with Crippen molar-refractivity contribution in [2.45, 2.75) is 40.7 Å². The van der Waals surface area contributed by atoms with Gasteiger partial charge in [0.1, 0.15) is 5.75 Å². The Kier molecular flexibility index (Phi) is 7.80. The van der Waals surface area contributed by atoms with Crippen LogP contribution < -0.4 is 0 Å². The highest BCUT2D eigenvalue weighted by atomic mass is 79.9. The molecule has 2 heterocycles. The Balaban J connectivity index is 2.30. The molecule has 1 aromatic carbocycles. The number of benzene rings is 1. The number of phenolic OH excluding ortho intramolecular Hbond substituents is 1. The second-order valence-corrected chi connectivity index (χ2v) is 10.2. The van der Waals surface area contributed by atoms with Crippen LogP contribution in [0.25, 0.3) is 0 Å². The van der Waals surface area contributed by atoms with Crippen LogP contribution in [0.4, 0.5) is 0 Å². The van der Waals surface area contributed by atoms with Crippen molar-refractivity contribution >= 4 is 61.3 Å². The number of thioether (sulfide) groups is 1. The first kappa shape index (κ1) is 25.6. The predicted molar refractivity (Wildman–Crippen MR) is 133 cm³/mol. The normalized spacial score (nSPS) is 17.7. The van der Waals surface area contributed by atoms with E-state index in [2.05, 4.69) is 31.9 Å². The lowest BCUT2D eigenvalue weighted by molar-refractivity contribution is -0.150. The van der Waals surface area contributed by atoms with Gasteiger partial charge in [0.05, 0.1) is 33.9 Å². The van der Waals surface area contributed by atoms with E-state index in [1.54, 1.807) is 31.7 Å². The van der Waals surface area contributed by atoms with Crippen LogP contribution in [0.2, 0.25) is 0 Å². The smallest absolute Gasteiger partial charge is 0.337 e. The fourth-order valence-corrected chi connectivity index (χ4v) is 5.79. The number of esters is 2. The molecule has 0 fully saturated rings. The van der Waals surface area contributed by atoms with Crippen molar-refractivity contribution < 1.29 is 29.0 Å². The summed E-state index contributed by atoms with van der Waals surface area (Å²) in [5, 5.41) is 11.3. The molecule has 0 radical (unpaired) electrons. The highest BCUT2D eigenvalue weighted by Gasteiger charge is 2.46. The van der Waals surface area contributed by atoms with Gasteiger partial charge in [-0.15, -0.1) is 0 Å². The number of fused-ring (bicyclic) bond motifs is 1. The van der Waals surface area contributed by atoms with E-state index < -0.39 is 23.8 Å². The summed E-state index contributed by atoms with van der Waals surface area (Å²) in [6.07, 6.45) is 1.57. The van der Waals surface area contributed by atoms with Gasteiger partial charge in [0.2, 0.25) is 0 Å². The standard InChI is InChI=1S/C23H23Br2NO6S/c1-6-31-22(29)17-13(20(27)14-8-15(24)10(3)18(25)21(14)28)9-16-26(11(4)12(5)33-16)19(17)23(30)32-7-2/h8-9,19,28H,6-7H2,1-5H3. The lowest BCUT2D eigenvalue weighted by Crippen LogP contribution is -2.45. The molecule has 1 unspecified atom stereocenters. The van der Waals surface area contributed by atoms with Gasteiger partial charge in [-0.05, 0) is 68.3 Å². The van der Waals surface area contributed by atoms with E-state index >= 15 is 0 Å². The maximum atomic E-state index is 13.7. The quantitative estimate of drug-likeness (QED) is 0.345. The second-order valence-electron chi connectivity index (χ2n) is 7.32. The number of carbonyl (C=O) groups excluding carboxylic acids is 3. The maximum Gasteiger partial charge on any atom is 0.337 e. The Bertz CT molecular complexity index is 1150. The lowest BCUT2D eigenvalue weighted by atomic mass is 9.89. The van der Waals surface area contributed by atoms with Crippen LogP contribution in [-0.4, -0.2) is 47.0 Å². The van der Waals surface area contributed by atoms with Gasteiger partial charge in [0, 0.05) is 20.6 Å². The first-order valence-corrected chi connectivity index (χ1v) is 12.6. The molecule has 0 amide bonds. The lowest BCUT2D eigenvalue weighted by Gasteiger charge is -2.34. The second kappa shape index (κ2) is 10.1. The predicted octanol–water partition coefficient (Wildman–Crippen LogP) is 5.35. The SMILES string of the molecule is CCOC(=O)C1=C(C(=O)c2cc(Br)c(C)c(Br)c2O)C=C2SC(C)=C(C)N2C1C(=O)OCC. The zero-order valence-corrected chi connectivity index (χ0v) is 22.7. The summed E-state index contributed by atoms with van der Waals surface area (Å²) < 4.78 is 11.5. The third kappa shape index (κ3) is 4.52. The molecule has 176 valence electrons. The highest BCUT2D eigenvalue weighted by molar-refractivity contribution is 9.11. The summed E-state index contributed by atoms with van der Waals surface area (Å²) in [6.45, 7) is 8.99. The Hall–Kier alpha value is -2.04. The molecule has 2 aliphatic heterocycles. The van der Waals surface area contributed by atoms with E-state index in [0.29, 0.717) is 19.5 Å². The number of carbonyl (C=O) groups is 3. The number of hydrogen-bond acceptors (Lipinski definition) is 8. The van der Waals surface area contributed by atoms with Crippen molar-refractivity contribution in [3.8, 4) is 5.75 Å². The number of Topliss-reactive ketones (excluding diaryl/α,β-unsaturated/α-hetero) is 1. The maximum absolute atomic E-state index is 13.7. The molecule has 1 N–H and O–H groups in total. The molecule has 1 atom stereocenters. The largest absolute Gasteiger partial charge is 0.506 e. The van der Waals surface area contributed by atoms with Gasteiger partial charge in [0.25, 0.3) is 0 Å². The number of aromatic hydroxyl groups is 1. The summed E-state index contributed by atoms with van der Waals surface area (Å²) in [6, 6.07) is 0.307. The molecular weight excluding hydrogens is 578 g/mol. The zero-order valence-electron chi connectivity index (χ0n) is 18.7. The van der Waals surface area contributed by atoms with Crippen molar-refractivity contribution in [1.82, 2.24) is 4.90 Å². The number of ether oxygens (including phenoxy) is 2. The topological polar surface area (TPSA) is 93.1 Å². The molecule has 1 aromatic rings. The molecule has 0 bridgehead atoms. The van der Waals surface area contributed by atoms with Gasteiger partial charge in [-0.1, -0.05) is 27.7 Å². The number of ketones is 1. The Morgan fingerprint density at radius 2 is 1.76 bits per heavy atom. The van der Waals surface area contributed by atoms with Crippen molar-refractivity contribution in [2.24, 2.45) is 0 Å². The van der Waals surface area contributed by atoms with E-state index in [1.165, 1.54) is 17.8 Å². The van der Waals surface area contributed by atoms with Gasteiger partial charge >= 0.3 is 11.9 Å². The number of rotatable bonds is 6. The van der Waals surface area contributed by atoms with Crippen LogP contribution in [0.5, 0.6) is 5.75 Å².